The number of aromatic nitrogens is 2. The number of carbonyl (C=O) groups excluding carboxylic acids is 1. The van der Waals surface area contributed by atoms with E-state index in [0.29, 0.717) is 22.9 Å². The average molecular weight is 444 g/mol. The maximum Gasteiger partial charge on any atom is 0.243 e. The zero-order valence-corrected chi connectivity index (χ0v) is 17.6. The molecule has 3 aromatic rings. The van der Waals surface area contributed by atoms with Crippen LogP contribution in [-0.4, -0.2) is 42.0 Å². The molecule has 2 aromatic carbocycles. The van der Waals surface area contributed by atoms with Gasteiger partial charge in [0.1, 0.15) is 5.82 Å². The van der Waals surface area contributed by atoms with Gasteiger partial charge in [0.2, 0.25) is 15.9 Å². The standard InChI is InChI=1S/C20H18ClN5O3S/c1-25(30(28,29)18-7-5-15(12-22)6-8-18)14-20(27)24-19-9-10-23-26(19)13-16-3-2-4-17(21)11-16/h2-11H,13-14H2,1H3,(H,24,27). The molecule has 3 rings (SSSR count). The number of benzene rings is 2. The van der Waals surface area contributed by atoms with Gasteiger partial charge in [0, 0.05) is 18.1 Å². The number of sulfonamides is 1. The van der Waals surface area contributed by atoms with Gasteiger partial charge in [0.05, 0.1) is 35.8 Å². The number of amides is 1. The van der Waals surface area contributed by atoms with Crippen molar-refractivity contribution in [3.05, 3.63) is 76.9 Å². The summed E-state index contributed by atoms with van der Waals surface area (Å²) in [4.78, 5) is 12.4. The number of anilines is 1. The molecule has 0 spiro atoms. The molecule has 0 unspecified atom stereocenters. The highest BCUT2D eigenvalue weighted by Crippen LogP contribution is 2.16. The van der Waals surface area contributed by atoms with Crippen LogP contribution in [0.4, 0.5) is 5.82 Å². The number of hydrogen-bond acceptors (Lipinski definition) is 5. The minimum Gasteiger partial charge on any atom is -0.310 e. The van der Waals surface area contributed by atoms with Crippen LogP contribution in [0.5, 0.6) is 0 Å². The summed E-state index contributed by atoms with van der Waals surface area (Å²) < 4.78 is 27.8. The summed E-state index contributed by atoms with van der Waals surface area (Å²) in [7, 11) is -2.56. The van der Waals surface area contributed by atoms with E-state index in [1.807, 2.05) is 18.2 Å². The summed E-state index contributed by atoms with van der Waals surface area (Å²) in [5, 5.41) is 16.3. The SMILES string of the molecule is CN(CC(=O)Nc1ccnn1Cc1cccc(Cl)c1)S(=O)(=O)c1ccc(C#N)cc1. The Bertz CT molecular complexity index is 1200. The van der Waals surface area contributed by atoms with Gasteiger partial charge in [0.25, 0.3) is 0 Å². The van der Waals surface area contributed by atoms with E-state index in [1.54, 1.807) is 22.9 Å². The molecule has 0 aliphatic carbocycles. The molecule has 8 nitrogen and oxygen atoms in total. The van der Waals surface area contributed by atoms with Crippen molar-refractivity contribution in [3.63, 3.8) is 0 Å². The van der Waals surface area contributed by atoms with Crippen LogP contribution >= 0.6 is 11.6 Å². The second kappa shape index (κ2) is 9.09. The van der Waals surface area contributed by atoms with Gasteiger partial charge in [-0.25, -0.2) is 13.1 Å². The van der Waals surface area contributed by atoms with Crippen LogP contribution in [0, 0.1) is 11.3 Å². The van der Waals surface area contributed by atoms with Gasteiger partial charge in [0.15, 0.2) is 0 Å². The molecule has 0 fully saturated rings. The normalized spacial score (nSPS) is 11.3. The molecule has 1 heterocycles. The summed E-state index contributed by atoms with van der Waals surface area (Å²) in [5.41, 5.74) is 1.25. The van der Waals surface area contributed by atoms with Crippen molar-refractivity contribution in [1.82, 2.24) is 14.1 Å². The van der Waals surface area contributed by atoms with Crippen molar-refractivity contribution in [3.8, 4) is 6.07 Å². The first-order valence-corrected chi connectivity index (χ1v) is 10.6. The van der Waals surface area contributed by atoms with Crippen molar-refractivity contribution < 1.29 is 13.2 Å². The fourth-order valence-electron chi connectivity index (χ4n) is 2.72. The third-order valence-electron chi connectivity index (χ3n) is 4.26. The first-order chi connectivity index (χ1) is 14.3. The average Bonchev–Trinajstić information content (AvgIpc) is 3.14. The van der Waals surface area contributed by atoms with E-state index in [4.69, 9.17) is 16.9 Å². The molecule has 154 valence electrons. The van der Waals surface area contributed by atoms with E-state index in [-0.39, 0.29) is 11.4 Å². The Morgan fingerprint density at radius 2 is 1.97 bits per heavy atom. The molecular weight excluding hydrogens is 426 g/mol. The molecule has 30 heavy (non-hydrogen) atoms. The molecule has 0 atom stereocenters. The number of carbonyl (C=O) groups is 1. The lowest BCUT2D eigenvalue weighted by atomic mass is 10.2. The summed E-state index contributed by atoms with van der Waals surface area (Å²) in [5.74, 6) is -0.0771. The minimum atomic E-state index is -3.88. The highest BCUT2D eigenvalue weighted by molar-refractivity contribution is 7.89. The predicted molar refractivity (Wildman–Crippen MR) is 112 cm³/mol. The van der Waals surface area contributed by atoms with E-state index in [1.165, 1.54) is 37.5 Å². The Morgan fingerprint density at radius 1 is 1.23 bits per heavy atom. The van der Waals surface area contributed by atoms with Crippen molar-refractivity contribution >= 4 is 33.3 Å². The second-order valence-corrected chi connectivity index (χ2v) is 8.93. The van der Waals surface area contributed by atoms with Crippen LogP contribution in [-0.2, 0) is 21.4 Å². The highest BCUT2D eigenvalue weighted by atomic mass is 35.5. The zero-order valence-electron chi connectivity index (χ0n) is 16.0. The fraction of sp³-hybridized carbons (Fsp3) is 0.150. The number of nitrogens with one attached hydrogen (secondary N) is 1. The number of hydrogen-bond donors (Lipinski definition) is 1. The highest BCUT2D eigenvalue weighted by Gasteiger charge is 2.23. The van der Waals surface area contributed by atoms with Gasteiger partial charge < -0.3 is 5.32 Å². The molecule has 1 amide bonds. The summed E-state index contributed by atoms with van der Waals surface area (Å²) in [6.07, 6.45) is 1.54. The Kier molecular flexibility index (Phi) is 6.52. The fourth-order valence-corrected chi connectivity index (χ4v) is 4.06. The van der Waals surface area contributed by atoms with E-state index in [9.17, 15) is 13.2 Å². The van der Waals surface area contributed by atoms with Crippen LogP contribution in [0.3, 0.4) is 0 Å². The number of halogens is 1. The first-order valence-electron chi connectivity index (χ1n) is 8.82. The predicted octanol–water partition coefficient (Wildman–Crippen LogP) is 2.72. The molecule has 0 saturated carbocycles. The molecule has 0 saturated heterocycles. The molecule has 1 aromatic heterocycles. The zero-order chi connectivity index (χ0) is 21.7. The Hall–Kier alpha value is -3.19. The molecule has 10 heteroatoms. The smallest absolute Gasteiger partial charge is 0.243 e. The van der Waals surface area contributed by atoms with E-state index < -0.39 is 15.9 Å². The number of nitrogens with zero attached hydrogens (tertiary/aromatic N) is 4. The van der Waals surface area contributed by atoms with Crippen LogP contribution in [0.2, 0.25) is 5.02 Å². The minimum absolute atomic E-state index is 0.00259. The second-order valence-electron chi connectivity index (χ2n) is 6.45. The van der Waals surface area contributed by atoms with Gasteiger partial charge in [-0.2, -0.15) is 14.7 Å². The molecule has 0 radical (unpaired) electrons. The van der Waals surface area contributed by atoms with Crippen LogP contribution < -0.4 is 5.32 Å². The van der Waals surface area contributed by atoms with Gasteiger partial charge in [-0.3, -0.25) is 4.79 Å². The largest absolute Gasteiger partial charge is 0.310 e. The summed E-state index contributed by atoms with van der Waals surface area (Å²) in [6.45, 7) is 0.00718. The van der Waals surface area contributed by atoms with Crippen molar-refractivity contribution in [1.29, 1.82) is 5.26 Å². The van der Waals surface area contributed by atoms with Gasteiger partial charge >= 0.3 is 0 Å². The maximum absolute atomic E-state index is 12.6. The maximum atomic E-state index is 12.6. The van der Waals surface area contributed by atoms with Gasteiger partial charge in [-0.1, -0.05) is 23.7 Å². The van der Waals surface area contributed by atoms with E-state index in [2.05, 4.69) is 10.4 Å². The number of nitriles is 1. The van der Waals surface area contributed by atoms with E-state index >= 15 is 0 Å². The van der Waals surface area contributed by atoms with Crippen LogP contribution in [0.1, 0.15) is 11.1 Å². The van der Waals surface area contributed by atoms with Gasteiger partial charge in [-0.15, -0.1) is 0 Å². The monoisotopic (exact) mass is 443 g/mol. The number of likely N-dealkylation sites (N-methyl/N-ethyl adjacent to an activating group) is 1. The summed E-state index contributed by atoms with van der Waals surface area (Å²) in [6, 6.07) is 16.3. The van der Waals surface area contributed by atoms with E-state index in [0.717, 1.165) is 9.87 Å². The molecule has 0 bridgehead atoms. The molecule has 1 N–H and O–H groups in total. The quantitative estimate of drug-likeness (QED) is 0.604. The van der Waals surface area contributed by atoms with Crippen molar-refractivity contribution in [2.24, 2.45) is 0 Å². The third kappa shape index (κ3) is 5.04. The van der Waals surface area contributed by atoms with Gasteiger partial charge in [-0.05, 0) is 42.0 Å². The lowest BCUT2D eigenvalue weighted by Crippen LogP contribution is -2.35. The molecule has 0 aliphatic heterocycles. The van der Waals surface area contributed by atoms with Crippen LogP contribution in [0.25, 0.3) is 0 Å². The Morgan fingerprint density at radius 3 is 2.63 bits per heavy atom. The Labute approximate surface area is 179 Å². The Balaban J connectivity index is 1.67. The lowest BCUT2D eigenvalue weighted by Gasteiger charge is -2.17. The lowest BCUT2D eigenvalue weighted by molar-refractivity contribution is -0.116. The molecule has 0 aliphatic rings. The van der Waals surface area contributed by atoms with Crippen molar-refractivity contribution in [2.45, 2.75) is 11.4 Å². The summed E-state index contributed by atoms with van der Waals surface area (Å²) >= 11 is 6.00. The first kappa shape index (κ1) is 21.5. The molecular formula is C20H18ClN5O3S. The topological polar surface area (TPSA) is 108 Å². The number of rotatable bonds is 7. The third-order valence-corrected chi connectivity index (χ3v) is 6.32. The van der Waals surface area contributed by atoms with Crippen molar-refractivity contribution in [2.75, 3.05) is 18.9 Å². The van der Waals surface area contributed by atoms with Crippen LogP contribution in [0.15, 0.2) is 65.7 Å².